The summed E-state index contributed by atoms with van der Waals surface area (Å²) in [6.45, 7) is 0. The highest BCUT2D eigenvalue weighted by molar-refractivity contribution is 4.94. The van der Waals surface area contributed by atoms with Crippen molar-refractivity contribution in [2.45, 2.75) is 76.7 Å². The van der Waals surface area contributed by atoms with Gasteiger partial charge in [0.15, 0.2) is 0 Å². The zero-order chi connectivity index (χ0) is 11.7. The molecule has 0 aliphatic heterocycles. The molecule has 2 N–H and O–H groups in total. The first-order chi connectivity index (χ1) is 8.33. The van der Waals surface area contributed by atoms with Crippen molar-refractivity contribution in [2.75, 3.05) is 0 Å². The molecule has 0 aromatic heterocycles. The molecule has 0 heterocycles. The maximum atomic E-state index is 6.48. The number of nitrogens with two attached hydrogens (primary N) is 1. The Labute approximate surface area is 107 Å². The van der Waals surface area contributed by atoms with Crippen molar-refractivity contribution in [1.82, 2.24) is 0 Å². The summed E-state index contributed by atoms with van der Waals surface area (Å²) in [7, 11) is 0. The lowest BCUT2D eigenvalue weighted by Gasteiger charge is -2.29. The summed E-state index contributed by atoms with van der Waals surface area (Å²) in [5, 5.41) is 0. The summed E-state index contributed by atoms with van der Waals surface area (Å²) in [5.41, 5.74) is 6.48. The smallest absolute Gasteiger partial charge is 0.00700 e. The first kappa shape index (κ1) is 12.0. The van der Waals surface area contributed by atoms with Crippen LogP contribution in [0.5, 0.6) is 0 Å². The third-order valence-electron chi connectivity index (χ3n) is 5.98. The fourth-order valence-electron chi connectivity index (χ4n) is 4.94. The van der Waals surface area contributed by atoms with Crippen LogP contribution in [0.15, 0.2) is 0 Å². The van der Waals surface area contributed by atoms with Crippen LogP contribution in [-0.2, 0) is 0 Å². The molecule has 4 atom stereocenters. The summed E-state index contributed by atoms with van der Waals surface area (Å²) >= 11 is 0. The Morgan fingerprint density at radius 1 is 0.941 bits per heavy atom. The van der Waals surface area contributed by atoms with E-state index >= 15 is 0 Å². The van der Waals surface area contributed by atoms with Gasteiger partial charge in [-0.05, 0) is 55.8 Å². The van der Waals surface area contributed by atoms with E-state index in [-0.39, 0.29) is 0 Å². The molecule has 3 aliphatic carbocycles. The van der Waals surface area contributed by atoms with E-state index in [1.165, 1.54) is 70.6 Å². The number of hydrogen-bond acceptors (Lipinski definition) is 1. The zero-order valence-corrected chi connectivity index (χ0v) is 11.2. The molecular formula is C16H29N. The van der Waals surface area contributed by atoms with Crippen LogP contribution in [0.25, 0.3) is 0 Å². The van der Waals surface area contributed by atoms with Gasteiger partial charge in [0, 0.05) is 6.04 Å². The first-order valence-corrected chi connectivity index (χ1v) is 8.08. The van der Waals surface area contributed by atoms with Crippen molar-refractivity contribution in [2.24, 2.45) is 29.4 Å². The number of rotatable bonds is 4. The van der Waals surface area contributed by atoms with Gasteiger partial charge in [-0.3, -0.25) is 0 Å². The standard InChI is InChI=1S/C16H29N/c17-16(9-7-12-4-2-1-3-5-12)15-11-13-6-8-14(15)10-13/h12-16H,1-11,17H2. The third kappa shape index (κ3) is 2.70. The Balaban J connectivity index is 1.42. The van der Waals surface area contributed by atoms with E-state index < -0.39 is 0 Å². The van der Waals surface area contributed by atoms with Gasteiger partial charge in [0.1, 0.15) is 0 Å². The second kappa shape index (κ2) is 5.30. The Morgan fingerprint density at radius 2 is 1.76 bits per heavy atom. The molecule has 0 spiro atoms. The highest BCUT2D eigenvalue weighted by Crippen LogP contribution is 2.49. The van der Waals surface area contributed by atoms with Crippen LogP contribution >= 0.6 is 0 Å². The topological polar surface area (TPSA) is 26.0 Å². The minimum atomic E-state index is 0.534. The second-order valence-corrected chi connectivity index (χ2v) is 7.08. The molecule has 0 saturated heterocycles. The molecular weight excluding hydrogens is 206 g/mol. The Kier molecular flexibility index (Phi) is 3.75. The van der Waals surface area contributed by atoms with Crippen molar-refractivity contribution in [1.29, 1.82) is 0 Å². The van der Waals surface area contributed by atoms with Crippen LogP contribution in [0.2, 0.25) is 0 Å². The van der Waals surface area contributed by atoms with Crippen LogP contribution in [0.1, 0.15) is 70.6 Å². The maximum absolute atomic E-state index is 6.48. The van der Waals surface area contributed by atoms with E-state index in [1.807, 2.05) is 0 Å². The van der Waals surface area contributed by atoms with Crippen molar-refractivity contribution >= 4 is 0 Å². The minimum Gasteiger partial charge on any atom is -0.327 e. The van der Waals surface area contributed by atoms with Crippen molar-refractivity contribution in [3.05, 3.63) is 0 Å². The third-order valence-corrected chi connectivity index (χ3v) is 5.98. The maximum Gasteiger partial charge on any atom is 0.00700 e. The molecule has 17 heavy (non-hydrogen) atoms. The van der Waals surface area contributed by atoms with Gasteiger partial charge < -0.3 is 5.73 Å². The lowest BCUT2D eigenvalue weighted by molar-refractivity contribution is 0.248. The van der Waals surface area contributed by atoms with Gasteiger partial charge in [0.2, 0.25) is 0 Å². The van der Waals surface area contributed by atoms with Crippen LogP contribution in [0.3, 0.4) is 0 Å². The molecule has 0 aromatic carbocycles. The van der Waals surface area contributed by atoms with E-state index in [9.17, 15) is 0 Å². The van der Waals surface area contributed by atoms with Gasteiger partial charge in [0.05, 0.1) is 0 Å². The number of fused-ring (bicyclic) bond motifs is 2. The highest BCUT2D eigenvalue weighted by Gasteiger charge is 2.41. The van der Waals surface area contributed by atoms with Crippen LogP contribution < -0.4 is 5.73 Å². The van der Waals surface area contributed by atoms with Gasteiger partial charge in [0.25, 0.3) is 0 Å². The largest absolute Gasteiger partial charge is 0.327 e. The van der Waals surface area contributed by atoms with E-state index in [0.29, 0.717) is 6.04 Å². The van der Waals surface area contributed by atoms with Crippen LogP contribution in [0.4, 0.5) is 0 Å². The summed E-state index contributed by atoms with van der Waals surface area (Å²) in [4.78, 5) is 0. The molecule has 0 amide bonds. The van der Waals surface area contributed by atoms with Gasteiger partial charge in [-0.2, -0.15) is 0 Å². The lowest BCUT2D eigenvalue weighted by atomic mass is 9.79. The van der Waals surface area contributed by atoms with Gasteiger partial charge in [-0.15, -0.1) is 0 Å². The normalized spacial score (nSPS) is 39.7. The molecule has 0 aromatic rings. The Morgan fingerprint density at radius 3 is 2.41 bits per heavy atom. The molecule has 3 saturated carbocycles. The van der Waals surface area contributed by atoms with E-state index in [0.717, 1.165) is 23.7 Å². The quantitative estimate of drug-likeness (QED) is 0.779. The van der Waals surface area contributed by atoms with Crippen molar-refractivity contribution < 1.29 is 0 Å². The van der Waals surface area contributed by atoms with E-state index in [1.54, 1.807) is 0 Å². The second-order valence-electron chi connectivity index (χ2n) is 7.08. The summed E-state index contributed by atoms with van der Waals surface area (Å²) in [6.07, 6.45) is 16.2. The molecule has 4 unspecified atom stereocenters. The summed E-state index contributed by atoms with van der Waals surface area (Å²) < 4.78 is 0. The monoisotopic (exact) mass is 235 g/mol. The molecule has 0 radical (unpaired) electrons. The molecule has 3 rings (SSSR count). The minimum absolute atomic E-state index is 0.534. The van der Waals surface area contributed by atoms with Crippen molar-refractivity contribution in [3.63, 3.8) is 0 Å². The molecule has 1 nitrogen and oxygen atoms in total. The average Bonchev–Trinajstić information content (AvgIpc) is 2.99. The van der Waals surface area contributed by atoms with E-state index in [4.69, 9.17) is 5.73 Å². The van der Waals surface area contributed by atoms with Gasteiger partial charge >= 0.3 is 0 Å². The van der Waals surface area contributed by atoms with Gasteiger partial charge in [-0.1, -0.05) is 38.5 Å². The Bertz CT molecular complexity index is 244. The fourth-order valence-corrected chi connectivity index (χ4v) is 4.94. The van der Waals surface area contributed by atoms with Crippen LogP contribution in [0, 0.1) is 23.7 Å². The average molecular weight is 235 g/mol. The van der Waals surface area contributed by atoms with E-state index in [2.05, 4.69) is 0 Å². The fraction of sp³-hybridized carbons (Fsp3) is 1.00. The summed E-state index contributed by atoms with van der Waals surface area (Å²) in [5.74, 6) is 4.00. The molecule has 1 heteroatoms. The first-order valence-electron chi connectivity index (χ1n) is 8.08. The van der Waals surface area contributed by atoms with Gasteiger partial charge in [-0.25, -0.2) is 0 Å². The Hall–Kier alpha value is -0.0400. The molecule has 98 valence electrons. The van der Waals surface area contributed by atoms with Crippen LogP contribution in [-0.4, -0.2) is 6.04 Å². The molecule has 2 bridgehead atoms. The predicted molar refractivity (Wildman–Crippen MR) is 72.7 cm³/mol. The molecule has 3 aliphatic rings. The SMILES string of the molecule is NC(CCC1CCCCC1)C1CC2CCC1C2. The lowest BCUT2D eigenvalue weighted by Crippen LogP contribution is -2.34. The summed E-state index contributed by atoms with van der Waals surface area (Å²) in [6, 6.07) is 0.534. The molecule has 3 fully saturated rings. The predicted octanol–water partition coefficient (Wildman–Crippen LogP) is 4.11. The number of hydrogen-bond donors (Lipinski definition) is 1. The zero-order valence-electron chi connectivity index (χ0n) is 11.2. The highest BCUT2D eigenvalue weighted by atomic mass is 14.7. The van der Waals surface area contributed by atoms with Crippen molar-refractivity contribution in [3.8, 4) is 0 Å².